The van der Waals surface area contributed by atoms with Crippen LogP contribution in [0, 0.1) is 11.8 Å². The zero-order chi connectivity index (χ0) is 13.2. The Hall–Kier alpha value is -1.46. The SMILES string of the molecule is CC#CCC(Cc1ccc(OC)cc1)NCCC. The summed E-state index contributed by atoms with van der Waals surface area (Å²) in [7, 11) is 1.69. The second-order valence-corrected chi connectivity index (χ2v) is 4.33. The smallest absolute Gasteiger partial charge is 0.118 e. The average Bonchev–Trinajstić information content (AvgIpc) is 2.42. The van der Waals surface area contributed by atoms with Gasteiger partial charge < -0.3 is 10.1 Å². The van der Waals surface area contributed by atoms with Crippen LogP contribution < -0.4 is 10.1 Å². The topological polar surface area (TPSA) is 21.3 Å². The number of hydrogen-bond acceptors (Lipinski definition) is 2. The average molecular weight is 245 g/mol. The molecule has 0 aliphatic heterocycles. The Bertz CT molecular complexity index is 386. The Morgan fingerprint density at radius 1 is 1.28 bits per heavy atom. The van der Waals surface area contributed by atoms with E-state index in [1.807, 2.05) is 19.1 Å². The molecular formula is C16H23NO. The summed E-state index contributed by atoms with van der Waals surface area (Å²) in [5, 5.41) is 3.55. The summed E-state index contributed by atoms with van der Waals surface area (Å²) in [6, 6.07) is 8.71. The van der Waals surface area contributed by atoms with E-state index in [0.29, 0.717) is 6.04 Å². The van der Waals surface area contributed by atoms with Crippen LogP contribution in [0.1, 0.15) is 32.3 Å². The van der Waals surface area contributed by atoms with Gasteiger partial charge in [0.05, 0.1) is 7.11 Å². The minimum Gasteiger partial charge on any atom is -0.497 e. The van der Waals surface area contributed by atoms with E-state index in [2.05, 4.69) is 36.2 Å². The van der Waals surface area contributed by atoms with Crippen LogP contribution in [0.2, 0.25) is 0 Å². The molecule has 18 heavy (non-hydrogen) atoms. The van der Waals surface area contributed by atoms with Gasteiger partial charge in [-0.15, -0.1) is 11.8 Å². The Kier molecular flexibility index (Phi) is 6.98. The molecule has 1 aromatic carbocycles. The first-order valence-corrected chi connectivity index (χ1v) is 6.56. The standard InChI is InChI=1S/C16H23NO/c1-4-6-7-15(17-12-5-2)13-14-8-10-16(18-3)11-9-14/h8-11,15,17H,5,7,12-13H2,1-3H3. The summed E-state index contributed by atoms with van der Waals surface area (Å²) < 4.78 is 5.17. The molecule has 0 amide bonds. The molecule has 2 heteroatoms. The van der Waals surface area contributed by atoms with Crippen molar-refractivity contribution in [2.75, 3.05) is 13.7 Å². The molecule has 0 bridgehead atoms. The van der Waals surface area contributed by atoms with Crippen molar-refractivity contribution in [1.82, 2.24) is 5.32 Å². The summed E-state index contributed by atoms with van der Waals surface area (Å²) in [5.74, 6) is 7.04. The maximum absolute atomic E-state index is 5.17. The molecule has 1 aromatic rings. The van der Waals surface area contributed by atoms with Gasteiger partial charge in [-0.3, -0.25) is 0 Å². The van der Waals surface area contributed by atoms with Crippen LogP contribution in [-0.4, -0.2) is 19.7 Å². The van der Waals surface area contributed by atoms with Crippen LogP contribution in [0.3, 0.4) is 0 Å². The van der Waals surface area contributed by atoms with Gasteiger partial charge >= 0.3 is 0 Å². The second kappa shape index (κ2) is 8.60. The Morgan fingerprint density at radius 3 is 2.56 bits per heavy atom. The largest absolute Gasteiger partial charge is 0.497 e. The maximum Gasteiger partial charge on any atom is 0.118 e. The fourth-order valence-corrected chi connectivity index (χ4v) is 1.84. The quantitative estimate of drug-likeness (QED) is 0.746. The molecule has 0 saturated heterocycles. The van der Waals surface area contributed by atoms with E-state index in [4.69, 9.17) is 4.74 Å². The molecule has 0 aliphatic carbocycles. The van der Waals surface area contributed by atoms with Crippen molar-refractivity contribution in [3.63, 3.8) is 0 Å². The van der Waals surface area contributed by atoms with E-state index in [1.54, 1.807) is 7.11 Å². The van der Waals surface area contributed by atoms with E-state index in [1.165, 1.54) is 5.56 Å². The van der Waals surface area contributed by atoms with E-state index in [0.717, 1.165) is 31.6 Å². The molecule has 0 saturated carbocycles. The van der Waals surface area contributed by atoms with Gasteiger partial charge in [0.25, 0.3) is 0 Å². The van der Waals surface area contributed by atoms with Crippen molar-refractivity contribution in [3.8, 4) is 17.6 Å². The highest BCUT2D eigenvalue weighted by Gasteiger charge is 2.07. The lowest BCUT2D eigenvalue weighted by molar-refractivity contribution is 0.414. The van der Waals surface area contributed by atoms with Gasteiger partial charge in [-0.25, -0.2) is 0 Å². The zero-order valence-electron chi connectivity index (χ0n) is 11.6. The van der Waals surface area contributed by atoms with Crippen LogP contribution in [-0.2, 0) is 6.42 Å². The van der Waals surface area contributed by atoms with Gasteiger partial charge in [-0.1, -0.05) is 19.1 Å². The summed E-state index contributed by atoms with van der Waals surface area (Å²) in [6.45, 7) is 5.12. The van der Waals surface area contributed by atoms with Gasteiger partial charge in [0.15, 0.2) is 0 Å². The minimum atomic E-state index is 0.436. The van der Waals surface area contributed by atoms with E-state index < -0.39 is 0 Å². The first-order chi connectivity index (χ1) is 8.80. The third-order valence-electron chi connectivity index (χ3n) is 2.85. The van der Waals surface area contributed by atoms with Gasteiger partial charge in [0.2, 0.25) is 0 Å². The van der Waals surface area contributed by atoms with Crippen LogP contribution >= 0.6 is 0 Å². The number of nitrogens with one attached hydrogen (secondary N) is 1. The molecule has 0 spiro atoms. The predicted octanol–water partition coefficient (Wildman–Crippen LogP) is 3.02. The molecule has 0 radical (unpaired) electrons. The lowest BCUT2D eigenvalue weighted by atomic mass is 10.0. The molecule has 2 nitrogen and oxygen atoms in total. The molecule has 1 rings (SSSR count). The number of rotatable bonds is 7. The lowest BCUT2D eigenvalue weighted by Crippen LogP contribution is -2.31. The number of benzene rings is 1. The first-order valence-electron chi connectivity index (χ1n) is 6.56. The highest BCUT2D eigenvalue weighted by atomic mass is 16.5. The van der Waals surface area contributed by atoms with Crippen LogP contribution in [0.25, 0.3) is 0 Å². The Balaban J connectivity index is 2.58. The van der Waals surface area contributed by atoms with Crippen LogP contribution in [0.4, 0.5) is 0 Å². The molecule has 0 aromatic heterocycles. The number of hydrogen-bond donors (Lipinski definition) is 1. The summed E-state index contributed by atoms with van der Waals surface area (Å²) in [4.78, 5) is 0. The van der Waals surface area contributed by atoms with E-state index in [9.17, 15) is 0 Å². The molecule has 0 aliphatic rings. The van der Waals surface area contributed by atoms with Crippen molar-refractivity contribution in [3.05, 3.63) is 29.8 Å². The maximum atomic E-state index is 5.17. The molecule has 0 heterocycles. The van der Waals surface area contributed by atoms with Gasteiger partial charge in [-0.2, -0.15) is 0 Å². The molecule has 1 atom stereocenters. The lowest BCUT2D eigenvalue weighted by Gasteiger charge is -2.16. The highest BCUT2D eigenvalue weighted by molar-refractivity contribution is 5.27. The molecule has 98 valence electrons. The van der Waals surface area contributed by atoms with E-state index in [-0.39, 0.29) is 0 Å². The van der Waals surface area contributed by atoms with Crippen molar-refractivity contribution < 1.29 is 4.74 Å². The summed E-state index contributed by atoms with van der Waals surface area (Å²) in [5.41, 5.74) is 1.32. The van der Waals surface area contributed by atoms with Crippen molar-refractivity contribution in [1.29, 1.82) is 0 Å². The van der Waals surface area contributed by atoms with Gasteiger partial charge in [-0.05, 0) is 44.0 Å². The molecular weight excluding hydrogens is 222 g/mol. The van der Waals surface area contributed by atoms with E-state index >= 15 is 0 Å². The van der Waals surface area contributed by atoms with Gasteiger partial charge in [0.1, 0.15) is 5.75 Å². The van der Waals surface area contributed by atoms with Crippen molar-refractivity contribution in [2.45, 2.75) is 39.2 Å². The third-order valence-corrected chi connectivity index (χ3v) is 2.85. The molecule has 1 N–H and O–H groups in total. The molecule has 0 fully saturated rings. The predicted molar refractivity (Wildman–Crippen MR) is 76.8 cm³/mol. The van der Waals surface area contributed by atoms with Crippen LogP contribution in [0.15, 0.2) is 24.3 Å². The fourth-order valence-electron chi connectivity index (χ4n) is 1.84. The number of ether oxygens (including phenoxy) is 1. The first kappa shape index (κ1) is 14.6. The normalized spacial score (nSPS) is 11.5. The zero-order valence-corrected chi connectivity index (χ0v) is 11.6. The fraction of sp³-hybridized carbons (Fsp3) is 0.500. The monoisotopic (exact) mass is 245 g/mol. The van der Waals surface area contributed by atoms with Crippen LogP contribution in [0.5, 0.6) is 5.75 Å². The Morgan fingerprint density at radius 2 is 2.00 bits per heavy atom. The summed E-state index contributed by atoms with van der Waals surface area (Å²) >= 11 is 0. The second-order valence-electron chi connectivity index (χ2n) is 4.33. The van der Waals surface area contributed by atoms with Crippen molar-refractivity contribution in [2.24, 2.45) is 0 Å². The third kappa shape index (κ3) is 5.25. The Labute approximate surface area is 111 Å². The summed E-state index contributed by atoms with van der Waals surface area (Å²) in [6.07, 6.45) is 3.07. The van der Waals surface area contributed by atoms with Gasteiger partial charge in [0, 0.05) is 12.5 Å². The highest BCUT2D eigenvalue weighted by Crippen LogP contribution is 2.13. The minimum absolute atomic E-state index is 0.436. The molecule has 1 unspecified atom stereocenters. The number of methoxy groups -OCH3 is 1. The van der Waals surface area contributed by atoms with Crippen molar-refractivity contribution >= 4 is 0 Å².